The van der Waals surface area contributed by atoms with Crippen LogP contribution in [-0.4, -0.2) is 44.7 Å². The van der Waals surface area contributed by atoms with Gasteiger partial charge in [-0.1, -0.05) is 13.8 Å². The molecule has 1 aromatic rings. The average Bonchev–Trinajstić information content (AvgIpc) is 2.96. The van der Waals surface area contributed by atoms with E-state index in [-0.39, 0.29) is 12.1 Å². The molecule has 0 aliphatic carbocycles. The van der Waals surface area contributed by atoms with E-state index in [1.807, 2.05) is 0 Å². The molecule has 1 unspecified atom stereocenters. The van der Waals surface area contributed by atoms with E-state index in [2.05, 4.69) is 23.8 Å². The Bertz CT molecular complexity index is 487. The Morgan fingerprint density at radius 1 is 1.41 bits per heavy atom. The first-order chi connectivity index (χ1) is 10.2. The van der Waals surface area contributed by atoms with Crippen LogP contribution in [0.5, 0.6) is 0 Å². The monoisotopic (exact) mass is 319 g/mol. The summed E-state index contributed by atoms with van der Waals surface area (Å²) in [6.07, 6.45) is -0.0976. The maximum absolute atomic E-state index is 12.4. The highest BCUT2D eigenvalue weighted by Gasteiger charge is 2.40. The summed E-state index contributed by atoms with van der Waals surface area (Å²) in [5.74, 6) is 0.454. The van der Waals surface area contributed by atoms with E-state index in [0.717, 1.165) is 30.5 Å². The second-order valence-electron chi connectivity index (χ2n) is 6.63. The topological polar surface area (TPSA) is 41.3 Å². The molecule has 22 heavy (non-hydrogen) atoms. The highest BCUT2D eigenvalue weighted by Crippen LogP contribution is 2.35. The van der Waals surface area contributed by atoms with Crippen LogP contribution in [0.3, 0.4) is 0 Å². The van der Waals surface area contributed by atoms with Gasteiger partial charge in [-0.05, 0) is 37.8 Å². The van der Waals surface area contributed by atoms with Crippen LogP contribution in [0.25, 0.3) is 0 Å². The molecule has 1 fully saturated rings. The van der Waals surface area contributed by atoms with Gasteiger partial charge in [-0.15, -0.1) is 0 Å². The zero-order chi connectivity index (χ0) is 16.4. The maximum Gasteiger partial charge on any atom is 0.408 e. The standard InChI is InChI=1S/C15H24F3N3O/c1-12(2)8-14(11-22)5-3-6-20(14)9-13-4-7-21(19-13)10-15(16,17)18/h4,7,12,22H,3,5-6,8-11H2,1-2H3. The summed E-state index contributed by atoms with van der Waals surface area (Å²) in [6, 6.07) is 1.63. The first-order valence-electron chi connectivity index (χ1n) is 7.69. The van der Waals surface area contributed by atoms with Crippen LogP contribution < -0.4 is 0 Å². The van der Waals surface area contributed by atoms with Gasteiger partial charge < -0.3 is 5.11 Å². The average molecular weight is 319 g/mol. The highest BCUT2D eigenvalue weighted by atomic mass is 19.4. The van der Waals surface area contributed by atoms with Gasteiger partial charge in [0.2, 0.25) is 0 Å². The van der Waals surface area contributed by atoms with Crippen molar-refractivity contribution >= 4 is 0 Å². The van der Waals surface area contributed by atoms with Gasteiger partial charge in [-0.25, -0.2) is 0 Å². The molecule has 0 spiro atoms. The summed E-state index contributed by atoms with van der Waals surface area (Å²) < 4.78 is 38.0. The number of aliphatic hydroxyl groups is 1. The Labute approximate surface area is 128 Å². The first-order valence-corrected chi connectivity index (χ1v) is 7.69. The summed E-state index contributed by atoms with van der Waals surface area (Å²) in [4.78, 5) is 2.17. The lowest BCUT2D eigenvalue weighted by molar-refractivity contribution is -0.142. The van der Waals surface area contributed by atoms with Gasteiger partial charge in [0.1, 0.15) is 6.54 Å². The van der Waals surface area contributed by atoms with Crippen LogP contribution in [-0.2, 0) is 13.1 Å². The Balaban J connectivity index is 2.06. The molecule has 0 bridgehead atoms. The van der Waals surface area contributed by atoms with Gasteiger partial charge in [0.15, 0.2) is 0 Å². The molecule has 0 amide bonds. The number of alkyl halides is 3. The molecule has 1 aliphatic heterocycles. The summed E-state index contributed by atoms with van der Waals surface area (Å²) in [6.45, 7) is 4.58. The van der Waals surface area contributed by atoms with Crippen LogP contribution >= 0.6 is 0 Å². The molecule has 0 saturated carbocycles. The van der Waals surface area contributed by atoms with Gasteiger partial charge in [0, 0.05) is 18.3 Å². The second kappa shape index (κ2) is 6.58. The number of nitrogens with zero attached hydrogens (tertiary/aromatic N) is 3. The largest absolute Gasteiger partial charge is 0.408 e. The molecular weight excluding hydrogens is 295 g/mol. The van der Waals surface area contributed by atoms with Crippen molar-refractivity contribution in [2.24, 2.45) is 5.92 Å². The highest BCUT2D eigenvalue weighted by molar-refractivity contribution is 5.04. The van der Waals surface area contributed by atoms with E-state index >= 15 is 0 Å². The van der Waals surface area contributed by atoms with Crippen LogP contribution in [0.2, 0.25) is 0 Å². The molecule has 1 N–H and O–H groups in total. The van der Waals surface area contributed by atoms with Gasteiger partial charge >= 0.3 is 6.18 Å². The van der Waals surface area contributed by atoms with E-state index < -0.39 is 12.7 Å². The molecule has 1 atom stereocenters. The van der Waals surface area contributed by atoms with Crippen LogP contribution in [0.15, 0.2) is 12.3 Å². The molecular formula is C15H24F3N3O. The fraction of sp³-hybridized carbons (Fsp3) is 0.800. The number of halogens is 3. The zero-order valence-corrected chi connectivity index (χ0v) is 13.1. The van der Waals surface area contributed by atoms with Crippen molar-refractivity contribution in [3.63, 3.8) is 0 Å². The molecule has 0 aromatic carbocycles. The van der Waals surface area contributed by atoms with E-state index in [9.17, 15) is 18.3 Å². The number of aromatic nitrogens is 2. The first kappa shape index (κ1) is 17.3. The van der Waals surface area contributed by atoms with Crippen molar-refractivity contribution in [2.75, 3.05) is 13.2 Å². The SMILES string of the molecule is CC(C)CC1(CO)CCCN1Cc1ccn(CC(F)(F)F)n1. The van der Waals surface area contributed by atoms with Crippen LogP contribution in [0.1, 0.15) is 38.8 Å². The molecule has 2 heterocycles. The van der Waals surface area contributed by atoms with Crippen molar-refractivity contribution in [3.05, 3.63) is 18.0 Å². The lowest BCUT2D eigenvalue weighted by Crippen LogP contribution is -2.47. The van der Waals surface area contributed by atoms with Crippen molar-refractivity contribution in [2.45, 2.75) is 57.9 Å². The lowest BCUT2D eigenvalue weighted by atomic mass is 9.87. The predicted molar refractivity (Wildman–Crippen MR) is 77.2 cm³/mol. The molecule has 126 valence electrons. The molecule has 1 aliphatic rings. The molecule has 1 aromatic heterocycles. The molecule has 4 nitrogen and oxygen atoms in total. The Morgan fingerprint density at radius 3 is 2.73 bits per heavy atom. The minimum Gasteiger partial charge on any atom is -0.394 e. The second-order valence-corrected chi connectivity index (χ2v) is 6.63. The lowest BCUT2D eigenvalue weighted by Gasteiger charge is -2.38. The quantitative estimate of drug-likeness (QED) is 0.876. The van der Waals surface area contributed by atoms with Crippen LogP contribution in [0, 0.1) is 5.92 Å². The van der Waals surface area contributed by atoms with Gasteiger partial charge in [-0.2, -0.15) is 18.3 Å². The molecule has 1 saturated heterocycles. The number of aliphatic hydroxyl groups excluding tert-OH is 1. The zero-order valence-electron chi connectivity index (χ0n) is 13.1. The fourth-order valence-corrected chi connectivity index (χ4v) is 3.43. The number of likely N-dealkylation sites (tertiary alicyclic amines) is 1. The fourth-order valence-electron chi connectivity index (χ4n) is 3.43. The third kappa shape index (κ3) is 4.23. The Kier molecular flexibility index (Phi) is 5.17. The summed E-state index contributed by atoms with van der Waals surface area (Å²) in [5, 5.41) is 13.9. The molecule has 2 rings (SSSR count). The van der Waals surface area contributed by atoms with Crippen molar-refractivity contribution in [1.29, 1.82) is 0 Å². The van der Waals surface area contributed by atoms with Crippen molar-refractivity contribution < 1.29 is 18.3 Å². The Morgan fingerprint density at radius 2 is 2.14 bits per heavy atom. The maximum atomic E-state index is 12.4. The third-order valence-corrected chi connectivity index (χ3v) is 4.21. The molecule has 0 radical (unpaired) electrons. The number of hydrogen-bond acceptors (Lipinski definition) is 3. The van der Waals surface area contributed by atoms with E-state index in [0.29, 0.717) is 18.2 Å². The van der Waals surface area contributed by atoms with E-state index in [4.69, 9.17) is 0 Å². The smallest absolute Gasteiger partial charge is 0.394 e. The number of rotatable bonds is 6. The number of hydrogen-bond donors (Lipinski definition) is 1. The van der Waals surface area contributed by atoms with E-state index in [1.165, 1.54) is 6.20 Å². The summed E-state index contributed by atoms with van der Waals surface area (Å²) in [7, 11) is 0. The van der Waals surface area contributed by atoms with Crippen molar-refractivity contribution in [1.82, 2.24) is 14.7 Å². The third-order valence-electron chi connectivity index (χ3n) is 4.21. The normalized spacial score (nSPS) is 23.6. The van der Waals surface area contributed by atoms with Crippen LogP contribution in [0.4, 0.5) is 13.2 Å². The minimum absolute atomic E-state index is 0.0778. The van der Waals surface area contributed by atoms with E-state index in [1.54, 1.807) is 6.07 Å². The summed E-state index contributed by atoms with van der Waals surface area (Å²) in [5.41, 5.74) is 0.356. The van der Waals surface area contributed by atoms with Crippen molar-refractivity contribution in [3.8, 4) is 0 Å². The summed E-state index contributed by atoms with van der Waals surface area (Å²) >= 11 is 0. The van der Waals surface area contributed by atoms with Gasteiger partial charge in [-0.3, -0.25) is 9.58 Å². The Hall–Kier alpha value is -1.08. The predicted octanol–water partition coefficient (Wildman–Crippen LogP) is 2.82. The minimum atomic E-state index is -4.26. The van der Waals surface area contributed by atoms with Gasteiger partial charge in [0.25, 0.3) is 0 Å². The molecule has 7 heteroatoms. The van der Waals surface area contributed by atoms with Gasteiger partial charge in [0.05, 0.1) is 12.3 Å².